The Labute approximate surface area is 135 Å². The standard InChI is InChI=1S/C16H19NO5S/c1-11(2)22-16(19)13-3-5-14(6-4-13)17-15(18)9-12-7-8-23(20,21)10-12/h3-8,11-12H,9-10H2,1-2H3,(H,17,18)/t12-/m1/s1. The van der Waals surface area contributed by atoms with Crippen molar-refractivity contribution in [2.75, 3.05) is 11.1 Å². The predicted octanol–water partition coefficient (Wildman–Crippen LogP) is 2.14. The summed E-state index contributed by atoms with van der Waals surface area (Å²) in [6, 6.07) is 6.35. The van der Waals surface area contributed by atoms with E-state index in [1.54, 1.807) is 44.2 Å². The summed E-state index contributed by atoms with van der Waals surface area (Å²) in [5, 5.41) is 3.84. The molecule has 0 spiro atoms. The van der Waals surface area contributed by atoms with Crippen LogP contribution in [0.25, 0.3) is 0 Å². The van der Waals surface area contributed by atoms with Crippen LogP contribution in [0, 0.1) is 5.92 Å². The summed E-state index contributed by atoms with van der Waals surface area (Å²) in [7, 11) is -3.15. The summed E-state index contributed by atoms with van der Waals surface area (Å²) < 4.78 is 27.7. The van der Waals surface area contributed by atoms with Crippen LogP contribution < -0.4 is 5.32 Å². The molecule has 1 aliphatic heterocycles. The molecule has 124 valence electrons. The third-order valence-corrected chi connectivity index (χ3v) is 4.66. The van der Waals surface area contributed by atoms with Gasteiger partial charge in [0.15, 0.2) is 9.84 Å². The number of esters is 1. The van der Waals surface area contributed by atoms with Gasteiger partial charge in [-0.15, -0.1) is 0 Å². The zero-order valence-corrected chi connectivity index (χ0v) is 13.8. The molecular weight excluding hydrogens is 318 g/mol. The first-order valence-electron chi connectivity index (χ1n) is 7.27. The normalized spacial score (nSPS) is 18.8. The van der Waals surface area contributed by atoms with Crippen LogP contribution in [0.3, 0.4) is 0 Å². The molecule has 1 aromatic rings. The van der Waals surface area contributed by atoms with Crippen LogP contribution in [-0.2, 0) is 19.4 Å². The first kappa shape index (κ1) is 17.2. The van der Waals surface area contributed by atoms with Gasteiger partial charge in [0.05, 0.1) is 17.4 Å². The highest BCUT2D eigenvalue weighted by Gasteiger charge is 2.23. The largest absolute Gasteiger partial charge is 0.459 e. The van der Waals surface area contributed by atoms with E-state index in [2.05, 4.69) is 5.32 Å². The fourth-order valence-corrected chi connectivity index (χ4v) is 3.59. The van der Waals surface area contributed by atoms with Crippen LogP contribution in [0.15, 0.2) is 35.7 Å². The molecule has 7 heteroatoms. The number of nitrogens with one attached hydrogen (secondary N) is 1. The van der Waals surface area contributed by atoms with Gasteiger partial charge < -0.3 is 10.1 Å². The van der Waals surface area contributed by atoms with E-state index in [0.717, 1.165) is 5.41 Å². The quantitative estimate of drug-likeness (QED) is 0.832. The first-order valence-corrected chi connectivity index (χ1v) is 8.98. The van der Waals surface area contributed by atoms with Gasteiger partial charge in [-0.3, -0.25) is 4.79 Å². The monoisotopic (exact) mass is 337 g/mol. The summed E-state index contributed by atoms with van der Waals surface area (Å²) in [4.78, 5) is 23.6. The van der Waals surface area contributed by atoms with Crippen molar-refractivity contribution in [2.24, 2.45) is 5.92 Å². The molecule has 0 radical (unpaired) electrons. The first-order chi connectivity index (χ1) is 10.7. The molecule has 6 nitrogen and oxygen atoms in total. The minimum atomic E-state index is -3.15. The van der Waals surface area contributed by atoms with Gasteiger partial charge in [-0.25, -0.2) is 13.2 Å². The zero-order valence-electron chi connectivity index (χ0n) is 13.0. The number of carbonyl (C=O) groups is 2. The van der Waals surface area contributed by atoms with Gasteiger partial charge in [0, 0.05) is 23.4 Å². The second-order valence-electron chi connectivity index (χ2n) is 5.70. The van der Waals surface area contributed by atoms with Crippen LogP contribution in [0.5, 0.6) is 0 Å². The number of carbonyl (C=O) groups excluding carboxylic acids is 2. The van der Waals surface area contributed by atoms with E-state index in [0.29, 0.717) is 11.3 Å². The maximum Gasteiger partial charge on any atom is 0.338 e. The minimum absolute atomic E-state index is 0.0274. The number of ether oxygens (including phenoxy) is 1. The van der Waals surface area contributed by atoms with Crippen molar-refractivity contribution < 1.29 is 22.7 Å². The molecule has 0 saturated heterocycles. The Morgan fingerprint density at radius 2 is 1.91 bits per heavy atom. The van der Waals surface area contributed by atoms with Gasteiger partial charge in [0.1, 0.15) is 0 Å². The van der Waals surface area contributed by atoms with Crippen molar-refractivity contribution in [3.05, 3.63) is 41.3 Å². The van der Waals surface area contributed by atoms with Gasteiger partial charge in [-0.1, -0.05) is 6.08 Å². The number of amides is 1. The molecule has 0 saturated carbocycles. The lowest BCUT2D eigenvalue weighted by atomic mass is 10.1. The molecule has 0 fully saturated rings. The van der Waals surface area contributed by atoms with E-state index in [9.17, 15) is 18.0 Å². The fourth-order valence-electron chi connectivity index (χ4n) is 2.19. The highest BCUT2D eigenvalue weighted by molar-refractivity contribution is 7.94. The number of anilines is 1. The van der Waals surface area contributed by atoms with Gasteiger partial charge in [0.25, 0.3) is 0 Å². The van der Waals surface area contributed by atoms with E-state index in [1.165, 1.54) is 0 Å². The van der Waals surface area contributed by atoms with E-state index in [1.807, 2.05) is 0 Å². The maximum atomic E-state index is 11.9. The molecule has 23 heavy (non-hydrogen) atoms. The average molecular weight is 337 g/mol. The lowest BCUT2D eigenvalue weighted by Gasteiger charge is -2.10. The SMILES string of the molecule is CC(C)OC(=O)c1ccc(NC(=O)C[C@H]2C=CS(=O)(=O)C2)cc1. The second kappa shape index (κ2) is 6.95. The van der Waals surface area contributed by atoms with Crippen LogP contribution in [0.4, 0.5) is 5.69 Å². The lowest BCUT2D eigenvalue weighted by molar-refractivity contribution is -0.116. The van der Waals surface area contributed by atoms with Crippen molar-refractivity contribution in [2.45, 2.75) is 26.4 Å². The van der Waals surface area contributed by atoms with Crippen LogP contribution in [0.1, 0.15) is 30.6 Å². The van der Waals surface area contributed by atoms with Crippen molar-refractivity contribution in [3.63, 3.8) is 0 Å². The summed E-state index contributed by atoms with van der Waals surface area (Å²) >= 11 is 0. The Balaban J connectivity index is 1.89. The van der Waals surface area contributed by atoms with Crippen LogP contribution in [0.2, 0.25) is 0 Å². The molecule has 0 aromatic heterocycles. The summed E-state index contributed by atoms with van der Waals surface area (Å²) in [5.41, 5.74) is 0.947. The zero-order chi connectivity index (χ0) is 17.0. The topological polar surface area (TPSA) is 89.5 Å². The Morgan fingerprint density at radius 3 is 2.43 bits per heavy atom. The Morgan fingerprint density at radius 1 is 1.26 bits per heavy atom. The summed E-state index contributed by atoms with van der Waals surface area (Å²) in [6.45, 7) is 3.54. The maximum absolute atomic E-state index is 11.9. The molecule has 1 aromatic carbocycles. The third-order valence-electron chi connectivity index (χ3n) is 3.20. The lowest BCUT2D eigenvalue weighted by Crippen LogP contribution is -2.17. The highest BCUT2D eigenvalue weighted by Crippen LogP contribution is 2.19. The highest BCUT2D eigenvalue weighted by atomic mass is 32.2. The van der Waals surface area contributed by atoms with Crippen LogP contribution in [-0.4, -0.2) is 32.2 Å². The minimum Gasteiger partial charge on any atom is -0.459 e. The molecular formula is C16H19NO5S. The number of hydrogen-bond donors (Lipinski definition) is 1. The molecule has 2 rings (SSSR count). The van der Waals surface area contributed by atoms with E-state index in [4.69, 9.17) is 4.74 Å². The molecule has 0 bridgehead atoms. The molecule has 0 aliphatic carbocycles. The molecule has 1 aliphatic rings. The number of allylic oxidation sites excluding steroid dienone is 1. The Hall–Kier alpha value is -2.15. The molecule has 1 atom stereocenters. The Kier molecular flexibility index (Phi) is 5.20. The second-order valence-corrected chi connectivity index (χ2v) is 7.63. The number of benzene rings is 1. The molecule has 1 N–H and O–H groups in total. The van der Waals surface area contributed by atoms with Gasteiger partial charge >= 0.3 is 5.97 Å². The average Bonchev–Trinajstić information content (AvgIpc) is 2.77. The van der Waals surface area contributed by atoms with Gasteiger partial charge in [-0.05, 0) is 38.1 Å². The molecule has 1 amide bonds. The summed E-state index contributed by atoms with van der Waals surface area (Å²) in [5.74, 6) is -1.01. The van der Waals surface area contributed by atoms with Gasteiger partial charge in [-0.2, -0.15) is 0 Å². The van der Waals surface area contributed by atoms with Crippen molar-refractivity contribution in [1.29, 1.82) is 0 Å². The van der Waals surface area contributed by atoms with E-state index >= 15 is 0 Å². The smallest absolute Gasteiger partial charge is 0.338 e. The molecule has 1 heterocycles. The number of hydrogen-bond acceptors (Lipinski definition) is 5. The third kappa shape index (κ3) is 5.21. The van der Waals surface area contributed by atoms with E-state index < -0.39 is 15.8 Å². The Bertz CT molecular complexity index is 719. The van der Waals surface area contributed by atoms with Crippen molar-refractivity contribution >= 4 is 27.4 Å². The predicted molar refractivity (Wildman–Crippen MR) is 86.7 cm³/mol. The fraction of sp³-hybridized carbons (Fsp3) is 0.375. The summed E-state index contributed by atoms with van der Waals surface area (Å²) in [6.07, 6.45) is 1.45. The van der Waals surface area contributed by atoms with Crippen LogP contribution >= 0.6 is 0 Å². The van der Waals surface area contributed by atoms with E-state index in [-0.39, 0.29) is 30.1 Å². The van der Waals surface area contributed by atoms with Crippen molar-refractivity contribution in [3.8, 4) is 0 Å². The van der Waals surface area contributed by atoms with Gasteiger partial charge in [0.2, 0.25) is 5.91 Å². The van der Waals surface area contributed by atoms with Crippen molar-refractivity contribution in [1.82, 2.24) is 0 Å². The number of sulfone groups is 1. The molecule has 0 unspecified atom stereocenters. The number of rotatable bonds is 5.